The highest BCUT2D eigenvalue weighted by molar-refractivity contribution is 7.89. The average molecular weight is 694 g/mol. The number of alkyl halides is 3. The molecule has 2 fully saturated rings. The molecule has 2 amide bonds. The average Bonchev–Trinajstić information content (AvgIpc) is 3.68. The van der Waals surface area contributed by atoms with Crippen LogP contribution in [0.1, 0.15) is 24.0 Å². The van der Waals surface area contributed by atoms with Crippen LogP contribution in [0.5, 0.6) is 0 Å². The Kier molecular flexibility index (Phi) is 8.45. The third-order valence-electron chi connectivity index (χ3n) is 7.76. The first-order valence-electron chi connectivity index (χ1n) is 14.2. The minimum Gasteiger partial charge on any atom is -0.480 e. The summed E-state index contributed by atoms with van der Waals surface area (Å²) in [7, 11) is -3.99. The molecule has 16 heteroatoms. The Morgan fingerprint density at radius 3 is 2.27 bits per heavy atom. The number of amides is 2. The molecule has 2 saturated heterocycles. The molecule has 2 aliphatic rings. The normalized spacial score (nSPS) is 17.1. The van der Waals surface area contributed by atoms with E-state index in [2.05, 4.69) is 21.8 Å². The van der Waals surface area contributed by atoms with Crippen LogP contribution in [0.2, 0.25) is 0 Å². The van der Waals surface area contributed by atoms with Crippen LogP contribution in [0.4, 0.5) is 18.9 Å². The maximum Gasteiger partial charge on any atom is 0.471 e. The first kappa shape index (κ1) is 32.7. The Morgan fingerprint density at radius 1 is 1.00 bits per heavy atom. The van der Waals surface area contributed by atoms with Crippen molar-refractivity contribution in [3.8, 4) is 23.1 Å². The van der Waals surface area contributed by atoms with E-state index in [1.165, 1.54) is 42.7 Å². The topological polar surface area (TPSA) is 141 Å². The number of hydrogen-bond acceptors (Lipinski definition) is 8. The van der Waals surface area contributed by atoms with Gasteiger partial charge in [0, 0.05) is 41.0 Å². The van der Waals surface area contributed by atoms with Crippen LogP contribution in [-0.2, 0) is 24.4 Å². The lowest BCUT2D eigenvalue weighted by Gasteiger charge is -2.21. The maximum atomic E-state index is 13.1. The number of hydrogen-bond donors (Lipinski definition) is 1. The zero-order valence-electron chi connectivity index (χ0n) is 24.5. The Hall–Kier alpha value is -5.24. The van der Waals surface area contributed by atoms with Crippen molar-refractivity contribution in [3.63, 3.8) is 0 Å². The summed E-state index contributed by atoms with van der Waals surface area (Å²) in [5, 5.41) is 9.10. The second kappa shape index (κ2) is 12.4. The molecule has 4 heterocycles. The lowest BCUT2D eigenvalue weighted by molar-refractivity contribution is -0.180. The third-order valence-corrected chi connectivity index (χ3v) is 10.1. The molecule has 4 aromatic rings. The summed E-state index contributed by atoms with van der Waals surface area (Å²) in [6.45, 7) is -0.735. The number of pyridine rings is 2. The number of thiocarbonyl (C=S) groups is 1. The second-order valence-electron chi connectivity index (χ2n) is 10.8. The number of anilines is 1. The van der Waals surface area contributed by atoms with E-state index >= 15 is 0 Å². The van der Waals surface area contributed by atoms with Crippen LogP contribution in [0, 0.1) is 11.8 Å². The first-order valence-corrected chi connectivity index (χ1v) is 16.1. The monoisotopic (exact) mass is 693 g/mol. The summed E-state index contributed by atoms with van der Waals surface area (Å²) < 4.78 is 66.5. The molecule has 11 nitrogen and oxygen atoms in total. The van der Waals surface area contributed by atoms with E-state index < -0.39 is 51.7 Å². The van der Waals surface area contributed by atoms with Gasteiger partial charge in [0.25, 0.3) is 5.91 Å². The van der Waals surface area contributed by atoms with Crippen LogP contribution < -0.4 is 4.90 Å². The van der Waals surface area contributed by atoms with Crippen LogP contribution in [-0.4, -0.2) is 80.9 Å². The highest BCUT2D eigenvalue weighted by Crippen LogP contribution is 2.34. The van der Waals surface area contributed by atoms with E-state index in [1.54, 1.807) is 30.3 Å². The number of fused-ring (bicyclic) bond motifs is 1. The van der Waals surface area contributed by atoms with E-state index in [4.69, 9.17) is 12.2 Å². The lowest BCUT2D eigenvalue weighted by Crippen LogP contribution is -2.43. The van der Waals surface area contributed by atoms with Crippen molar-refractivity contribution in [1.29, 1.82) is 0 Å². The zero-order chi connectivity index (χ0) is 34.4. The number of aliphatic carboxylic acids is 1. The van der Waals surface area contributed by atoms with Gasteiger partial charge in [0.05, 0.1) is 21.8 Å². The summed E-state index contributed by atoms with van der Waals surface area (Å²) in [6, 6.07) is 14.6. The number of carbonyl (C=O) groups is 3. The van der Waals surface area contributed by atoms with E-state index in [-0.39, 0.29) is 28.4 Å². The summed E-state index contributed by atoms with van der Waals surface area (Å²) in [6.07, 6.45) is -1.64. The molecule has 0 saturated carbocycles. The van der Waals surface area contributed by atoms with Gasteiger partial charge in [-0.15, -0.1) is 0 Å². The standard InChI is InChI=1S/C32H22F3N5O6S2/c33-32(34,35)30(44)38-18-28(41)40(31(38)47)27-16-25(37-24-13-14-36-17-23(24)27)21-9-5-19(6-10-21)3-4-20-7-11-22(12-8-20)48(45,46)39-15-1-2-26(39)29(42)43/h5-14,16-17,26H,1-2,15,18H2,(H,42,43)/t26-/m1/s1. The van der Waals surface area contributed by atoms with E-state index in [9.17, 15) is 41.1 Å². The van der Waals surface area contributed by atoms with Crippen molar-refractivity contribution in [1.82, 2.24) is 19.2 Å². The molecular weight excluding hydrogens is 672 g/mol. The van der Waals surface area contributed by atoms with Gasteiger partial charge in [0.2, 0.25) is 10.0 Å². The molecule has 48 heavy (non-hydrogen) atoms. The van der Waals surface area contributed by atoms with Gasteiger partial charge in [-0.25, -0.2) is 13.4 Å². The van der Waals surface area contributed by atoms with Crippen molar-refractivity contribution in [2.45, 2.75) is 30.0 Å². The number of rotatable bonds is 5. The molecule has 0 aliphatic carbocycles. The number of carboxylic acids is 1. The minimum atomic E-state index is -5.22. The fourth-order valence-corrected chi connectivity index (χ4v) is 7.42. The third kappa shape index (κ3) is 6.10. The van der Waals surface area contributed by atoms with Crippen molar-refractivity contribution in [3.05, 3.63) is 84.2 Å². The van der Waals surface area contributed by atoms with Gasteiger partial charge >= 0.3 is 18.1 Å². The predicted octanol–water partition coefficient (Wildman–Crippen LogP) is 3.96. The SMILES string of the molecule is O=C(O)[C@H]1CCCN1S(=O)(=O)c1ccc(C#Cc2ccc(-c3cc(N4C(=O)CN(C(=O)C(F)(F)F)C4=S)c4cnccc4n3)cc2)cc1. The smallest absolute Gasteiger partial charge is 0.471 e. The van der Waals surface area contributed by atoms with E-state index in [0.717, 1.165) is 9.21 Å². The quantitative estimate of drug-likeness (QED) is 0.243. The van der Waals surface area contributed by atoms with E-state index in [0.29, 0.717) is 39.7 Å². The summed E-state index contributed by atoms with van der Waals surface area (Å²) in [5.74, 6) is 1.69. The van der Waals surface area contributed by atoms with Crippen LogP contribution >= 0.6 is 12.2 Å². The Labute approximate surface area is 276 Å². The van der Waals surface area contributed by atoms with Gasteiger partial charge in [-0.05, 0) is 73.6 Å². The number of nitrogens with zero attached hydrogens (tertiary/aromatic N) is 5. The Morgan fingerprint density at radius 2 is 1.65 bits per heavy atom. The molecule has 2 aromatic heterocycles. The maximum absolute atomic E-state index is 13.1. The van der Waals surface area contributed by atoms with Crippen molar-refractivity contribution in [2.24, 2.45) is 0 Å². The van der Waals surface area contributed by atoms with Gasteiger partial charge in [0.1, 0.15) is 12.6 Å². The molecule has 0 radical (unpaired) electrons. The molecular formula is C32H22F3N5O6S2. The molecule has 1 atom stereocenters. The number of carboxylic acid groups (broad SMARTS) is 1. The summed E-state index contributed by atoms with van der Waals surface area (Å²) >= 11 is 5.14. The number of aromatic nitrogens is 2. The Bertz CT molecular complexity index is 2160. The fraction of sp³-hybridized carbons (Fsp3) is 0.188. The minimum absolute atomic E-state index is 0.0281. The number of halogens is 3. The summed E-state index contributed by atoms with van der Waals surface area (Å²) in [5.41, 5.74) is 2.56. The molecule has 2 aliphatic heterocycles. The molecule has 0 bridgehead atoms. The van der Waals surface area contributed by atoms with Gasteiger partial charge < -0.3 is 5.11 Å². The largest absolute Gasteiger partial charge is 0.480 e. The second-order valence-corrected chi connectivity index (χ2v) is 13.0. The van der Waals surface area contributed by atoms with Crippen LogP contribution in [0.15, 0.2) is 78.0 Å². The zero-order valence-corrected chi connectivity index (χ0v) is 26.1. The van der Waals surface area contributed by atoms with Crippen molar-refractivity contribution >= 4 is 61.7 Å². The summed E-state index contributed by atoms with van der Waals surface area (Å²) in [4.78, 5) is 46.0. The van der Waals surface area contributed by atoms with Crippen molar-refractivity contribution < 1.29 is 41.1 Å². The van der Waals surface area contributed by atoms with Gasteiger partial charge in [-0.2, -0.15) is 17.5 Å². The lowest BCUT2D eigenvalue weighted by atomic mass is 10.1. The molecule has 6 rings (SSSR count). The number of carbonyl (C=O) groups excluding carboxylic acids is 2. The first-order chi connectivity index (χ1) is 22.8. The van der Waals surface area contributed by atoms with Crippen molar-refractivity contribution in [2.75, 3.05) is 18.0 Å². The highest BCUT2D eigenvalue weighted by atomic mass is 32.2. The number of sulfonamides is 1. The highest BCUT2D eigenvalue weighted by Gasteiger charge is 2.49. The molecule has 1 N–H and O–H groups in total. The van der Waals surface area contributed by atoms with Crippen LogP contribution in [0.25, 0.3) is 22.2 Å². The Balaban J connectivity index is 1.24. The molecule has 0 spiro atoms. The predicted molar refractivity (Wildman–Crippen MR) is 170 cm³/mol. The van der Waals surface area contributed by atoms with Gasteiger partial charge in [-0.3, -0.25) is 29.2 Å². The molecule has 2 aromatic carbocycles. The van der Waals surface area contributed by atoms with Gasteiger partial charge in [-0.1, -0.05) is 24.0 Å². The number of benzene rings is 2. The van der Waals surface area contributed by atoms with E-state index in [1.807, 2.05) is 0 Å². The van der Waals surface area contributed by atoms with Crippen LogP contribution in [0.3, 0.4) is 0 Å². The fourth-order valence-electron chi connectivity index (χ4n) is 5.42. The van der Waals surface area contributed by atoms with Gasteiger partial charge in [0.15, 0.2) is 5.11 Å². The molecule has 244 valence electrons. The molecule has 0 unspecified atom stereocenters.